The standard InChI is InChI=1S/C15H17N3O2/c1-4-12-9-14(18(3)17-12)15(20)16-13-7-5-11(6-8-13)10(2)19/h5-9H,4H2,1-3H3,(H,16,20). The zero-order chi connectivity index (χ0) is 14.7. The Labute approximate surface area is 117 Å². The lowest BCUT2D eigenvalue weighted by Crippen LogP contribution is -2.16. The number of amides is 1. The van der Waals surface area contributed by atoms with Crippen LogP contribution in [0.25, 0.3) is 0 Å². The normalized spacial score (nSPS) is 10.3. The van der Waals surface area contributed by atoms with Gasteiger partial charge in [0.05, 0.1) is 5.69 Å². The Hall–Kier alpha value is -2.43. The van der Waals surface area contributed by atoms with Gasteiger partial charge in [0.25, 0.3) is 5.91 Å². The molecule has 0 aliphatic carbocycles. The van der Waals surface area contributed by atoms with Crippen LogP contribution in [0.5, 0.6) is 0 Å². The number of hydrogen-bond donors (Lipinski definition) is 1. The average Bonchev–Trinajstić information content (AvgIpc) is 2.80. The zero-order valence-electron chi connectivity index (χ0n) is 11.8. The van der Waals surface area contributed by atoms with Gasteiger partial charge in [-0.2, -0.15) is 5.10 Å². The summed E-state index contributed by atoms with van der Waals surface area (Å²) in [5.74, 6) is -0.211. The van der Waals surface area contributed by atoms with Gasteiger partial charge in [-0.25, -0.2) is 0 Å². The summed E-state index contributed by atoms with van der Waals surface area (Å²) >= 11 is 0. The van der Waals surface area contributed by atoms with E-state index in [-0.39, 0.29) is 11.7 Å². The van der Waals surface area contributed by atoms with Crippen molar-refractivity contribution in [2.45, 2.75) is 20.3 Å². The summed E-state index contributed by atoms with van der Waals surface area (Å²) in [5.41, 5.74) is 2.66. The molecular weight excluding hydrogens is 254 g/mol. The van der Waals surface area contributed by atoms with E-state index in [1.54, 1.807) is 42.1 Å². The molecule has 5 nitrogen and oxygen atoms in total. The minimum Gasteiger partial charge on any atom is -0.321 e. The lowest BCUT2D eigenvalue weighted by Gasteiger charge is -2.05. The average molecular weight is 271 g/mol. The molecule has 0 bridgehead atoms. The molecule has 2 aromatic rings. The van der Waals surface area contributed by atoms with E-state index in [9.17, 15) is 9.59 Å². The summed E-state index contributed by atoms with van der Waals surface area (Å²) in [7, 11) is 1.74. The van der Waals surface area contributed by atoms with Crippen LogP contribution in [0.15, 0.2) is 30.3 Å². The number of nitrogens with one attached hydrogen (secondary N) is 1. The number of Topliss-reactive ketones (excluding diaryl/α,β-unsaturated/α-hetero) is 1. The molecule has 0 aliphatic heterocycles. The van der Waals surface area contributed by atoms with E-state index < -0.39 is 0 Å². The molecule has 0 radical (unpaired) electrons. The molecule has 1 amide bonds. The van der Waals surface area contributed by atoms with E-state index in [0.29, 0.717) is 16.9 Å². The number of hydrogen-bond acceptors (Lipinski definition) is 3. The van der Waals surface area contributed by atoms with Crippen LogP contribution in [0, 0.1) is 0 Å². The van der Waals surface area contributed by atoms with Crippen molar-refractivity contribution < 1.29 is 9.59 Å². The van der Waals surface area contributed by atoms with E-state index in [4.69, 9.17) is 0 Å². The summed E-state index contributed by atoms with van der Waals surface area (Å²) in [6, 6.07) is 8.59. The van der Waals surface area contributed by atoms with E-state index >= 15 is 0 Å². The van der Waals surface area contributed by atoms with Crippen LogP contribution >= 0.6 is 0 Å². The van der Waals surface area contributed by atoms with Gasteiger partial charge < -0.3 is 5.32 Å². The number of anilines is 1. The van der Waals surface area contributed by atoms with Crippen molar-refractivity contribution in [2.24, 2.45) is 7.05 Å². The molecular formula is C15H17N3O2. The van der Waals surface area contributed by atoms with E-state index in [0.717, 1.165) is 12.1 Å². The fourth-order valence-electron chi connectivity index (χ4n) is 1.90. The van der Waals surface area contributed by atoms with Crippen molar-refractivity contribution >= 4 is 17.4 Å². The first-order valence-corrected chi connectivity index (χ1v) is 6.46. The van der Waals surface area contributed by atoms with Crippen molar-refractivity contribution in [2.75, 3.05) is 5.32 Å². The van der Waals surface area contributed by atoms with Gasteiger partial charge >= 0.3 is 0 Å². The highest BCUT2D eigenvalue weighted by Gasteiger charge is 2.12. The van der Waals surface area contributed by atoms with Crippen LogP contribution in [0.1, 0.15) is 40.4 Å². The quantitative estimate of drug-likeness (QED) is 0.869. The first-order valence-electron chi connectivity index (χ1n) is 6.46. The van der Waals surface area contributed by atoms with Crippen molar-refractivity contribution in [3.8, 4) is 0 Å². The third-order valence-electron chi connectivity index (χ3n) is 3.07. The molecule has 1 heterocycles. The van der Waals surface area contributed by atoms with Crippen LogP contribution in [0.2, 0.25) is 0 Å². The molecule has 0 saturated heterocycles. The smallest absolute Gasteiger partial charge is 0.273 e. The van der Waals surface area contributed by atoms with Crippen LogP contribution in [-0.2, 0) is 13.5 Å². The number of ketones is 1. The number of benzene rings is 1. The molecule has 0 saturated carbocycles. The third-order valence-corrected chi connectivity index (χ3v) is 3.07. The molecule has 0 atom stereocenters. The van der Waals surface area contributed by atoms with E-state index in [2.05, 4.69) is 10.4 Å². The predicted octanol–water partition coefficient (Wildman–Crippen LogP) is 2.44. The first kappa shape index (κ1) is 14.0. The van der Waals surface area contributed by atoms with Gasteiger partial charge in [0.15, 0.2) is 5.78 Å². The van der Waals surface area contributed by atoms with Crippen molar-refractivity contribution in [3.05, 3.63) is 47.3 Å². The summed E-state index contributed by atoms with van der Waals surface area (Å²) in [6.07, 6.45) is 0.786. The second kappa shape index (κ2) is 5.69. The van der Waals surface area contributed by atoms with Crippen LogP contribution in [-0.4, -0.2) is 21.5 Å². The van der Waals surface area contributed by atoms with Gasteiger partial charge in [0, 0.05) is 18.3 Å². The monoisotopic (exact) mass is 271 g/mol. The Morgan fingerprint density at radius 2 is 1.90 bits per heavy atom. The SMILES string of the molecule is CCc1cc(C(=O)Nc2ccc(C(C)=O)cc2)n(C)n1. The highest BCUT2D eigenvalue weighted by atomic mass is 16.2. The Kier molecular flexibility index (Phi) is 3.98. The second-order valence-corrected chi connectivity index (χ2v) is 4.59. The second-order valence-electron chi connectivity index (χ2n) is 4.59. The van der Waals surface area contributed by atoms with Gasteiger partial charge in [-0.1, -0.05) is 6.92 Å². The molecule has 0 aliphatic rings. The largest absolute Gasteiger partial charge is 0.321 e. The Morgan fingerprint density at radius 1 is 1.25 bits per heavy atom. The predicted molar refractivity (Wildman–Crippen MR) is 77.0 cm³/mol. The molecule has 0 fully saturated rings. The van der Waals surface area contributed by atoms with Gasteiger partial charge in [-0.05, 0) is 43.7 Å². The molecule has 104 valence electrons. The molecule has 1 aromatic carbocycles. The zero-order valence-corrected chi connectivity index (χ0v) is 11.8. The maximum absolute atomic E-state index is 12.1. The van der Waals surface area contributed by atoms with Gasteiger partial charge in [-0.3, -0.25) is 14.3 Å². The van der Waals surface area contributed by atoms with Crippen LogP contribution in [0.3, 0.4) is 0 Å². The van der Waals surface area contributed by atoms with Gasteiger partial charge in [0.1, 0.15) is 5.69 Å². The summed E-state index contributed by atoms with van der Waals surface area (Å²) < 4.78 is 1.57. The molecule has 20 heavy (non-hydrogen) atoms. The minimum absolute atomic E-state index is 0.00194. The number of nitrogens with zero attached hydrogens (tertiary/aromatic N) is 2. The molecule has 2 rings (SSSR count). The van der Waals surface area contributed by atoms with Crippen molar-refractivity contribution in [1.29, 1.82) is 0 Å². The van der Waals surface area contributed by atoms with E-state index in [1.807, 2.05) is 6.92 Å². The minimum atomic E-state index is -0.213. The highest BCUT2D eigenvalue weighted by molar-refractivity contribution is 6.03. The fourth-order valence-corrected chi connectivity index (χ4v) is 1.90. The van der Waals surface area contributed by atoms with Crippen molar-refractivity contribution in [1.82, 2.24) is 9.78 Å². The fraction of sp³-hybridized carbons (Fsp3) is 0.267. The number of aryl methyl sites for hydroxylation is 2. The summed E-state index contributed by atoms with van der Waals surface area (Å²) in [4.78, 5) is 23.3. The lowest BCUT2D eigenvalue weighted by atomic mass is 10.1. The maximum atomic E-state index is 12.1. The van der Waals surface area contributed by atoms with Crippen LogP contribution < -0.4 is 5.32 Å². The van der Waals surface area contributed by atoms with E-state index in [1.165, 1.54) is 6.92 Å². The van der Waals surface area contributed by atoms with Gasteiger partial charge in [-0.15, -0.1) is 0 Å². The highest BCUT2D eigenvalue weighted by Crippen LogP contribution is 2.12. The third kappa shape index (κ3) is 2.93. The Balaban J connectivity index is 2.14. The number of rotatable bonds is 4. The Bertz CT molecular complexity index is 642. The van der Waals surface area contributed by atoms with Crippen LogP contribution in [0.4, 0.5) is 5.69 Å². The topological polar surface area (TPSA) is 64.0 Å². The summed E-state index contributed by atoms with van der Waals surface area (Å²) in [5, 5.41) is 7.03. The number of aromatic nitrogens is 2. The molecule has 1 aromatic heterocycles. The van der Waals surface area contributed by atoms with Crippen molar-refractivity contribution in [3.63, 3.8) is 0 Å². The maximum Gasteiger partial charge on any atom is 0.273 e. The lowest BCUT2D eigenvalue weighted by molar-refractivity contribution is 0.101. The first-order chi connectivity index (χ1) is 9.51. The van der Waals surface area contributed by atoms with Gasteiger partial charge in [0.2, 0.25) is 0 Å². The molecule has 0 unspecified atom stereocenters. The summed E-state index contributed by atoms with van der Waals surface area (Å²) in [6.45, 7) is 3.50. The number of carbonyl (C=O) groups excluding carboxylic acids is 2. The molecule has 0 spiro atoms. The Morgan fingerprint density at radius 3 is 2.40 bits per heavy atom. The molecule has 5 heteroatoms. The molecule has 1 N–H and O–H groups in total. The number of carbonyl (C=O) groups is 2.